The molecule has 0 fully saturated rings. The lowest BCUT2D eigenvalue weighted by Crippen LogP contribution is -2.30. The number of aryl methyl sites for hydroxylation is 1. The molecular weight excluding hydrogens is 453 g/mol. The highest BCUT2D eigenvalue weighted by molar-refractivity contribution is 7.14. The van der Waals surface area contributed by atoms with Gasteiger partial charge in [0.1, 0.15) is 17.3 Å². The van der Waals surface area contributed by atoms with Crippen molar-refractivity contribution in [2.24, 2.45) is 0 Å². The zero-order valence-electron chi connectivity index (χ0n) is 19.3. The quantitative estimate of drug-likeness (QED) is 0.341. The molecule has 5 nitrogen and oxygen atoms in total. The number of methoxy groups -OCH3 is 1. The maximum atomic E-state index is 13.3. The maximum absolute atomic E-state index is 13.3. The molecule has 3 rings (SSSR count). The monoisotopic (exact) mass is 481 g/mol. The van der Waals surface area contributed by atoms with Gasteiger partial charge in [0.2, 0.25) is 5.91 Å². The van der Waals surface area contributed by atoms with E-state index in [9.17, 15) is 18.8 Å². The highest BCUT2D eigenvalue weighted by atomic mass is 32.1. The lowest BCUT2D eigenvalue weighted by molar-refractivity contribution is -0.125. The normalized spacial score (nSPS) is 11.6. The van der Waals surface area contributed by atoms with E-state index in [1.165, 1.54) is 23.5 Å². The van der Waals surface area contributed by atoms with E-state index < -0.39 is 0 Å². The van der Waals surface area contributed by atoms with Crippen LogP contribution in [0, 0.1) is 12.7 Å². The van der Waals surface area contributed by atoms with Crippen LogP contribution in [0.3, 0.4) is 0 Å². The van der Waals surface area contributed by atoms with E-state index >= 15 is 0 Å². The van der Waals surface area contributed by atoms with Gasteiger partial charge < -0.3 is 10.1 Å². The van der Waals surface area contributed by atoms with Gasteiger partial charge in [-0.1, -0.05) is 24.3 Å². The average Bonchev–Trinajstić information content (AvgIpc) is 3.28. The molecule has 1 unspecified atom stereocenters. The summed E-state index contributed by atoms with van der Waals surface area (Å²) in [5.74, 6) is -0.0315. The fourth-order valence-corrected chi connectivity index (χ4v) is 4.38. The van der Waals surface area contributed by atoms with Crippen molar-refractivity contribution < 1.29 is 23.5 Å². The van der Waals surface area contributed by atoms with Crippen molar-refractivity contribution in [2.75, 3.05) is 7.11 Å². The molecule has 0 radical (unpaired) electrons. The molecule has 1 N–H and O–H groups in total. The number of amides is 1. The van der Waals surface area contributed by atoms with Crippen LogP contribution in [0.2, 0.25) is 0 Å². The van der Waals surface area contributed by atoms with Crippen molar-refractivity contribution in [3.8, 4) is 5.75 Å². The van der Waals surface area contributed by atoms with E-state index in [4.69, 9.17) is 4.74 Å². The molecule has 1 amide bonds. The SMILES string of the molecule is COc1ccc(C(Cc2ccc(F)cc2)NC(=O)CCC(=O)CCC(=O)c2ccc(C)s2)cc1. The van der Waals surface area contributed by atoms with Gasteiger partial charge in [-0.25, -0.2) is 4.39 Å². The van der Waals surface area contributed by atoms with Gasteiger partial charge in [0.25, 0.3) is 0 Å². The van der Waals surface area contributed by atoms with Crippen LogP contribution >= 0.6 is 11.3 Å². The van der Waals surface area contributed by atoms with Gasteiger partial charge >= 0.3 is 0 Å². The number of Topliss-reactive ketones (excluding diaryl/α,β-unsaturated/α-hetero) is 2. The Morgan fingerprint density at radius 1 is 0.912 bits per heavy atom. The summed E-state index contributed by atoms with van der Waals surface area (Å²) in [6.07, 6.45) is 0.872. The molecule has 178 valence electrons. The molecule has 1 heterocycles. The van der Waals surface area contributed by atoms with Crippen LogP contribution in [0.15, 0.2) is 60.7 Å². The minimum absolute atomic E-state index is 0.0429. The third-order valence-corrected chi connectivity index (χ3v) is 6.53. The third-order valence-electron chi connectivity index (χ3n) is 5.48. The molecule has 0 aliphatic rings. The number of carbonyl (C=O) groups is 3. The summed E-state index contributed by atoms with van der Waals surface area (Å²) in [6, 6.07) is 16.8. The van der Waals surface area contributed by atoms with E-state index in [0.717, 1.165) is 16.0 Å². The van der Waals surface area contributed by atoms with Crippen LogP contribution in [0.4, 0.5) is 4.39 Å². The predicted octanol–water partition coefficient (Wildman–Crippen LogP) is 5.62. The first-order valence-corrected chi connectivity index (χ1v) is 11.9. The number of halogens is 1. The van der Waals surface area contributed by atoms with Crippen molar-refractivity contribution in [1.82, 2.24) is 5.32 Å². The Labute approximate surface area is 203 Å². The Balaban J connectivity index is 1.55. The van der Waals surface area contributed by atoms with Gasteiger partial charge in [0, 0.05) is 30.6 Å². The number of ether oxygens (including phenoxy) is 1. The second-order valence-electron chi connectivity index (χ2n) is 8.10. The zero-order chi connectivity index (χ0) is 24.5. The Morgan fingerprint density at radius 3 is 2.21 bits per heavy atom. The predicted molar refractivity (Wildman–Crippen MR) is 131 cm³/mol. The summed E-state index contributed by atoms with van der Waals surface area (Å²) in [5.41, 5.74) is 1.75. The first-order valence-electron chi connectivity index (χ1n) is 11.1. The summed E-state index contributed by atoms with van der Waals surface area (Å²) in [5, 5.41) is 2.99. The Morgan fingerprint density at radius 2 is 1.59 bits per heavy atom. The number of rotatable bonds is 12. The molecule has 7 heteroatoms. The number of benzene rings is 2. The van der Waals surface area contributed by atoms with Crippen molar-refractivity contribution >= 4 is 28.8 Å². The van der Waals surface area contributed by atoms with Crippen molar-refractivity contribution in [3.05, 3.63) is 87.4 Å². The number of hydrogen-bond acceptors (Lipinski definition) is 5. The van der Waals surface area contributed by atoms with Crippen LogP contribution < -0.4 is 10.1 Å². The Bertz CT molecular complexity index is 1120. The standard InChI is InChI=1S/C27H28FNO4S/c1-18-3-15-26(34-18)25(31)14-10-22(30)11-16-27(32)29-24(17-19-4-8-21(28)9-5-19)20-6-12-23(33-2)13-7-20/h3-9,12-13,15,24H,10-11,14,16-17H2,1-2H3,(H,29,32). The molecule has 0 aliphatic heterocycles. The smallest absolute Gasteiger partial charge is 0.220 e. The van der Waals surface area contributed by atoms with Crippen LogP contribution in [0.1, 0.15) is 57.4 Å². The van der Waals surface area contributed by atoms with Gasteiger partial charge in [0.05, 0.1) is 18.0 Å². The Kier molecular flexibility index (Phi) is 9.10. The summed E-state index contributed by atoms with van der Waals surface area (Å²) in [7, 11) is 1.58. The van der Waals surface area contributed by atoms with E-state index in [2.05, 4.69) is 5.32 Å². The number of nitrogens with one attached hydrogen (secondary N) is 1. The lowest BCUT2D eigenvalue weighted by atomic mass is 9.98. The molecule has 0 aliphatic carbocycles. The lowest BCUT2D eigenvalue weighted by Gasteiger charge is -2.20. The topological polar surface area (TPSA) is 72.5 Å². The number of thiophene rings is 1. The van der Waals surface area contributed by atoms with Crippen LogP contribution in [-0.4, -0.2) is 24.6 Å². The third kappa shape index (κ3) is 7.63. The van der Waals surface area contributed by atoms with Crippen LogP contribution in [0.5, 0.6) is 5.75 Å². The van der Waals surface area contributed by atoms with Crippen molar-refractivity contribution in [3.63, 3.8) is 0 Å². The molecular formula is C27H28FNO4S. The fraction of sp³-hybridized carbons (Fsp3) is 0.296. The molecule has 0 bridgehead atoms. The van der Waals surface area contributed by atoms with Crippen molar-refractivity contribution in [2.45, 2.75) is 45.1 Å². The van der Waals surface area contributed by atoms with Gasteiger partial charge in [-0.05, 0) is 60.9 Å². The molecule has 0 spiro atoms. The molecule has 1 aromatic heterocycles. The summed E-state index contributed by atoms with van der Waals surface area (Å²) in [6.45, 7) is 1.93. The molecule has 3 aromatic rings. The zero-order valence-corrected chi connectivity index (χ0v) is 20.1. The van der Waals surface area contributed by atoms with E-state index in [1.54, 1.807) is 25.3 Å². The molecule has 1 atom stereocenters. The van der Waals surface area contributed by atoms with E-state index in [0.29, 0.717) is 17.0 Å². The summed E-state index contributed by atoms with van der Waals surface area (Å²) < 4.78 is 18.5. The molecule has 2 aromatic carbocycles. The van der Waals surface area contributed by atoms with Crippen LogP contribution in [-0.2, 0) is 16.0 Å². The van der Waals surface area contributed by atoms with Crippen molar-refractivity contribution in [1.29, 1.82) is 0 Å². The number of ketones is 2. The summed E-state index contributed by atoms with van der Waals surface area (Å²) in [4.78, 5) is 38.8. The molecule has 34 heavy (non-hydrogen) atoms. The average molecular weight is 482 g/mol. The van der Waals surface area contributed by atoms with E-state index in [1.807, 2.05) is 37.3 Å². The molecule has 0 saturated heterocycles. The highest BCUT2D eigenvalue weighted by Gasteiger charge is 2.17. The van der Waals surface area contributed by atoms with Gasteiger partial charge in [-0.2, -0.15) is 0 Å². The summed E-state index contributed by atoms with van der Waals surface area (Å²) >= 11 is 1.42. The second kappa shape index (κ2) is 12.2. The maximum Gasteiger partial charge on any atom is 0.220 e. The van der Waals surface area contributed by atoms with Crippen LogP contribution in [0.25, 0.3) is 0 Å². The van der Waals surface area contributed by atoms with E-state index in [-0.39, 0.29) is 55.0 Å². The number of hydrogen-bond donors (Lipinski definition) is 1. The fourth-order valence-electron chi connectivity index (χ4n) is 3.55. The van der Waals surface area contributed by atoms with Gasteiger partial charge in [-0.15, -0.1) is 11.3 Å². The first kappa shape index (κ1) is 25.3. The minimum Gasteiger partial charge on any atom is -0.497 e. The first-order chi connectivity index (χ1) is 16.3. The molecule has 0 saturated carbocycles. The number of carbonyl (C=O) groups excluding carboxylic acids is 3. The van der Waals surface area contributed by atoms with Gasteiger partial charge in [0.15, 0.2) is 5.78 Å². The largest absolute Gasteiger partial charge is 0.497 e. The highest BCUT2D eigenvalue weighted by Crippen LogP contribution is 2.22. The minimum atomic E-state index is -0.345. The van der Waals surface area contributed by atoms with Gasteiger partial charge in [-0.3, -0.25) is 14.4 Å². The Hall–Kier alpha value is -3.32. The second-order valence-corrected chi connectivity index (χ2v) is 9.38.